The number of carbonyl (C=O) groups excluding carboxylic acids is 1. The van der Waals surface area contributed by atoms with Gasteiger partial charge in [0.2, 0.25) is 5.43 Å². The monoisotopic (exact) mass is 323 g/mol. The van der Waals surface area contributed by atoms with Crippen molar-refractivity contribution >= 4 is 16.8 Å². The van der Waals surface area contributed by atoms with E-state index in [9.17, 15) is 14.0 Å². The molecule has 2 aromatic heterocycles. The number of benzene rings is 1. The standard InChI is InChI=1S/C19H14FNO3/c1-3-14(22)13-9-21-8-7-12-11-6-4-5-10(2)18(11)24-19(12)16(21)15(20)17(13)23/h3-6,9H,1,7-8H2,2H3. The van der Waals surface area contributed by atoms with E-state index in [1.54, 1.807) is 4.57 Å². The average molecular weight is 323 g/mol. The Balaban J connectivity index is 2.06. The molecule has 4 nitrogen and oxygen atoms in total. The maximum Gasteiger partial charge on any atom is 0.229 e. The maximum atomic E-state index is 14.8. The number of para-hydroxylation sites is 1. The molecule has 0 spiro atoms. The van der Waals surface area contributed by atoms with Crippen LogP contribution in [0.2, 0.25) is 0 Å². The van der Waals surface area contributed by atoms with Gasteiger partial charge in [0.15, 0.2) is 17.4 Å². The molecule has 0 aliphatic carbocycles. The Morgan fingerprint density at radius 2 is 2.21 bits per heavy atom. The first-order chi connectivity index (χ1) is 11.5. The zero-order chi connectivity index (χ0) is 17.0. The van der Waals surface area contributed by atoms with Crippen molar-refractivity contribution in [1.82, 2.24) is 4.57 Å². The number of carbonyl (C=O) groups is 1. The van der Waals surface area contributed by atoms with Crippen molar-refractivity contribution in [3.8, 4) is 11.5 Å². The summed E-state index contributed by atoms with van der Waals surface area (Å²) in [6.07, 6.45) is 3.05. The van der Waals surface area contributed by atoms with Gasteiger partial charge in [-0.2, -0.15) is 0 Å². The van der Waals surface area contributed by atoms with Gasteiger partial charge in [0.1, 0.15) is 11.3 Å². The van der Waals surface area contributed by atoms with Crippen molar-refractivity contribution < 1.29 is 13.6 Å². The second-order valence-corrected chi connectivity index (χ2v) is 5.91. The molecule has 3 heterocycles. The van der Waals surface area contributed by atoms with E-state index in [1.165, 1.54) is 6.20 Å². The molecule has 0 saturated heterocycles. The van der Waals surface area contributed by atoms with E-state index < -0.39 is 17.0 Å². The van der Waals surface area contributed by atoms with Crippen molar-refractivity contribution in [2.24, 2.45) is 0 Å². The number of fused-ring (bicyclic) bond motifs is 5. The van der Waals surface area contributed by atoms with Crippen molar-refractivity contribution in [2.45, 2.75) is 19.9 Å². The second kappa shape index (κ2) is 5.03. The third-order valence-electron chi connectivity index (χ3n) is 4.51. The maximum absolute atomic E-state index is 14.8. The lowest BCUT2D eigenvalue weighted by molar-refractivity contribution is 0.104. The van der Waals surface area contributed by atoms with Crippen LogP contribution in [0.1, 0.15) is 21.5 Å². The van der Waals surface area contributed by atoms with E-state index >= 15 is 0 Å². The van der Waals surface area contributed by atoms with Gasteiger partial charge in [0.25, 0.3) is 0 Å². The topological polar surface area (TPSA) is 52.2 Å². The van der Waals surface area contributed by atoms with Gasteiger partial charge in [-0.15, -0.1) is 0 Å². The Morgan fingerprint density at radius 3 is 2.96 bits per heavy atom. The summed E-state index contributed by atoms with van der Waals surface area (Å²) in [7, 11) is 0. The number of furan rings is 1. The lowest BCUT2D eigenvalue weighted by atomic mass is 9.99. The normalized spacial score (nSPS) is 12.8. The summed E-state index contributed by atoms with van der Waals surface area (Å²) in [5.41, 5.74) is 1.54. The van der Waals surface area contributed by atoms with E-state index in [4.69, 9.17) is 4.42 Å². The molecule has 1 aliphatic rings. The van der Waals surface area contributed by atoms with E-state index in [-0.39, 0.29) is 11.3 Å². The first-order valence-electron chi connectivity index (χ1n) is 7.64. The quantitative estimate of drug-likeness (QED) is 0.534. The summed E-state index contributed by atoms with van der Waals surface area (Å²) < 4.78 is 22.3. The first kappa shape index (κ1) is 14.6. The molecule has 0 atom stereocenters. The molecule has 1 aromatic carbocycles. The highest BCUT2D eigenvalue weighted by Gasteiger charge is 2.29. The van der Waals surface area contributed by atoms with Crippen LogP contribution in [0.3, 0.4) is 0 Å². The first-order valence-corrected chi connectivity index (χ1v) is 7.64. The predicted molar refractivity (Wildman–Crippen MR) is 88.8 cm³/mol. The van der Waals surface area contributed by atoms with Crippen molar-refractivity contribution in [3.63, 3.8) is 0 Å². The molecule has 0 N–H and O–H groups in total. The Morgan fingerprint density at radius 1 is 1.42 bits per heavy atom. The van der Waals surface area contributed by atoms with Crippen molar-refractivity contribution in [3.05, 3.63) is 69.8 Å². The summed E-state index contributed by atoms with van der Waals surface area (Å²) in [5, 5.41) is 0.939. The number of aromatic nitrogens is 1. The Bertz CT molecular complexity index is 1090. The Labute approximate surface area is 136 Å². The Kier molecular flexibility index (Phi) is 3.06. The third kappa shape index (κ3) is 1.84. The second-order valence-electron chi connectivity index (χ2n) is 5.91. The van der Waals surface area contributed by atoms with Crippen LogP contribution in [0, 0.1) is 12.7 Å². The SMILES string of the molecule is C=CC(=O)c1cn2c(c(F)c1=O)-c1oc3c(C)cccc3c1CC2. The lowest BCUT2D eigenvalue weighted by Crippen LogP contribution is -2.25. The number of nitrogens with zero attached hydrogens (tertiary/aromatic N) is 1. The minimum atomic E-state index is -0.958. The highest BCUT2D eigenvalue weighted by Crippen LogP contribution is 2.38. The van der Waals surface area contributed by atoms with Crippen LogP contribution >= 0.6 is 0 Å². The van der Waals surface area contributed by atoms with Crippen LogP contribution in [0.4, 0.5) is 4.39 Å². The molecule has 120 valence electrons. The number of ketones is 1. The van der Waals surface area contributed by atoms with E-state index in [2.05, 4.69) is 6.58 Å². The molecule has 0 unspecified atom stereocenters. The van der Waals surface area contributed by atoms with E-state index in [1.807, 2.05) is 25.1 Å². The molecule has 0 amide bonds. The molecular formula is C19H14FNO3. The molecule has 4 rings (SSSR count). The van der Waals surface area contributed by atoms with Crippen molar-refractivity contribution in [1.29, 1.82) is 0 Å². The molecule has 1 aliphatic heterocycles. The van der Waals surface area contributed by atoms with Crippen LogP contribution in [0.25, 0.3) is 22.4 Å². The van der Waals surface area contributed by atoms with Crippen LogP contribution in [-0.4, -0.2) is 10.4 Å². The number of aryl methyl sites for hydroxylation is 3. The highest BCUT2D eigenvalue weighted by molar-refractivity contribution is 6.04. The fourth-order valence-corrected chi connectivity index (χ4v) is 3.31. The largest absolute Gasteiger partial charge is 0.454 e. The smallest absolute Gasteiger partial charge is 0.229 e. The summed E-state index contributed by atoms with van der Waals surface area (Å²) in [6.45, 7) is 5.75. The average Bonchev–Trinajstić information content (AvgIpc) is 2.97. The number of rotatable bonds is 2. The minimum Gasteiger partial charge on any atom is -0.454 e. The number of pyridine rings is 1. The number of halogens is 1. The fraction of sp³-hybridized carbons (Fsp3) is 0.158. The molecule has 24 heavy (non-hydrogen) atoms. The van der Waals surface area contributed by atoms with E-state index in [0.29, 0.717) is 24.3 Å². The van der Waals surface area contributed by atoms with Gasteiger partial charge < -0.3 is 8.98 Å². The van der Waals surface area contributed by atoms with Gasteiger partial charge in [-0.25, -0.2) is 4.39 Å². The molecule has 0 radical (unpaired) electrons. The van der Waals surface area contributed by atoms with Gasteiger partial charge in [0.05, 0.1) is 5.56 Å². The number of hydrogen-bond acceptors (Lipinski definition) is 3. The summed E-state index contributed by atoms with van der Waals surface area (Å²) in [5.74, 6) is -1.17. The lowest BCUT2D eigenvalue weighted by Gasteiger charge is -2.19. The Hall–Kier alpha value is -2.95. The van der Waals surface area contributed by atoms with Crippen LogP contribution in [0.5, 0.6) is 0 Å². The minimum absolute atomic E-state index is 0.109. The number of allylic oxidation sites excluding steroid dienone is 1. The summed E-state index contributed by atoms with van der Waals surface area (Å²) in [4.78, 5) is 24.0. The van der Waals surface area contributed by atoms with Crippen molar-refractivity contribution in [2.75, 3.05) is 0 Å². The van der Waals surface area contributed by atoms with E-state index in [0.717, 1.165) is 22.6 Å². The molecule has 3 aromatic rings. The molecule has 5 heteroatoms. The summed E-state index contributed by atoms with van der Waals surface area (Å²) in [6, 6.07) is 5.79. The predicted octanol–water partition coefficient (Wildman–Crippen LogP) is 3.63. The van der Waals surface area contributed by atoms with Crippen LogP contribution in [-0.2, 0) is 13.0 Å². The summed E-state index contributed by atoms with van der Waals surface area (Å²) >= 11 is 0. The van der Waals surface area contributed by atoms with Gasteiger partial charge in [-0.3, -0.25) is 9.59 Å². The highest BCUT2D eigenvalue weighted by atomic mass is 19.1. The number of hydrogen-bond donors (Lipinski definition) is 0. The molecule has 0 fully saturated rings. The van der Waals surface area contributed by atoms with Gasteiger partial charge in [-0.1, -0.05) is 24.8 Å². The van der Waals surface area contributed by atoms with Crippen LogP contribution in [0.15, 0.2) is 46.3 Å². The molecule has 0 saturated carbocycles. The fourth-order valence-electron chi connectivity index (χ4n) is 3.31. The van der Waals surface area contributed by atoms with Gasteiger partial charge >= 0.3 is 0 Å². The van der Waals surface area contributed by atoms with Gasteiger partial charge in [0, 0.05) is 23.7 Å². The zero-order valence-electron chi connectivity index (χ0n) is 13.1. The third-order valence-corrected chi connectivity index (χ3v) is 4.51. The molecule has 0 bridgehead atoms. The zero-order valence-corrected chi connectivity index (χ0v) is 13.1. The van der Waals surface area contributed by atoms with Gasteiger partial charge in [-0.05, 0) is 25.0 Å². The molecular weight excluding hydrogens is 309 g/mol. The van der Waals surface area contributed by atoms with Crippen LogP contribution < -0.4 is 5.43 Å².